The van der Waals surface area contributed by atoms with Crippen LogP contribution in [0, 0.1) is 0 Å². The molecule has 2 nitrogen and oxygen atoms in total. The van der Waals surface area contributed by atoms with Gasteiger partial charge in [0.15, 0.2) is 0 Å². The fraction of sp³-hybridized carbons (Fsp3) is 0.857. The van der Waals surface area contributed by atoms with Crippen LogP contribution in [0.3, 0.4) is 0 Å². The van der Waals surface area contributed by atoms with Crippen molar-refractivity contribution >= 4 is 34.8 Å². The number of carbonyl (C=O) groups is 1. The van der Waals surface area contributed by atoms with Crippen molar-refractivity contribution in [3.8, 4) is 0 Å². The third-order valence-electron chi connectivity index (χ3n) is 1.69. The van der Waals surface area contributed by atoms with Crippen molar-refractivity contribution in [2.24, 2.45) is 0 Å². The van der Waals surface area contributed by atoms with Gasteiger partial charge in [0.2, 0.25) is 0 Å². The molecular formula is C7H13BiO2S. The van der Waals surface area contributed by atoms with Crippen LogP contribution in [-0.4, -0.2) is 37.1 Å². The van der Waals surface area contributed by atoms with Crippen LogP contribution in [0.2, 0.25) is 8.26 Å². The van der Waals surface area contributed by atoms with Crippen molar-refractivity contribution in [1.82, 2.24) is 0 Å². The molecule has 0 aromatic carbocycles. The summed E-state index contributed by atoms with van der Waals surface area (Å²) >= 11 is -1.24. The molecule has 0 aliphatic carbocycles. The van der Waals surface area contributed by atoms with Crippen molar-refractivity contribution < 1.29 is 9.90 Å². The molecule has 1 saturated heterocycles. The number of carboxylic acids is 1. The van der Waals surface area contributed by atoms with Gasteiger partial charge >= 0.3 is 77.9 Å². The van der Waals surface area contributed by atoms with Crippen LogP contribution in [0.15, 0.2) is 0 Å². The van der Waals surface area contributed by atoms with E-state index in [0.717, 1.165) is 0 Å². The molecule has 0 aromatic rings. The van der Waals surface area contributed by atoms with Gasteiger partial charge in [-0.1, -0.05) is 0 Å². The third kappa shape index (κ3) is 4.32. The van der Waals surface area contributed by atoms with Crippen molar-refractivity contribution in [2.75, 3.05) is 5.75 Å². The molecule has 0 atom stereocenters. The molecule has 1 N–H and O–H groups in total. The summed E-state index contributed by atoms with van der Waals surface area (Å²) in [4.78, 5) is 10.3. The second-order valence-corrected chi connectivity index (χ2v) is 18.0. The van der Waals surface area contributed by atoms with E-state index < -0.39 is 26.3 Å². The fourth-order valence-electron chi connectivity index (χ4n) is 1.14. The zero-order valence-electron chi connectivity index (χ0n) is 6.45. The van der Waals surface area contributed by atoms with Gasteiger partial charge in [-0.15, -0.1) is 0 Å². The Hall–Kier alpha value is 0.703. The second-order valence-electron chi connectivity index (χ2n) is 2.66. The van der Waals surface area contributed by atoms with E-state index in [4.69, 9.17) is 5.11 Å². The molecule has 1 fully saturated rings. The minimum absolute atomic E-state index is 0.373. The van der Waals surface area contributed by atoms with E-state index in [-0.39, 0.29) is 0 Å². The molecule has 0 bridgehead atoms. The quantitative estimate of drug-likeness (QED) is 0.773. The molecule has 0 aromatic heterocycles. The molecule has 0 unspecified atom stereocenters. The van der Waals surface area contributed by atoms with E-state index in [0.29, 0.717) is 5.75 Å². The number of hydrogen-bond acceptors (Lipinski definition) is 2. The van der Waals surface area contributed by atoms with E-state index in [1.807, 2.05) is 8.52 Å². The first-order chi connectivity index (χ1) is 5.29. The van der Waals surface area contributed by atoms with Gasteiger partial charge in [-0.25, -0.2) is 0 Å². The normalized spacial score (nSPS) is 20.0. The number of rotatable bonds is 3. The molecule has 11 heavy (non-hydrogen) atoms. The zero-order valence-corrected chi connectivity index (χ0v) is 10.7. The number of hydrogen-bond donors (Lipinski definition) is 1. The van der Waals surface area contributed by atoms with Gasteiger partial charge in [-0.05, 0) is 0 Å². The van der Waals surface area contributed by atoms with E-state index in [2.05, 4.69) is 0 Å². The second kappa shape index (κ2) is 5.37. The van der Waals surface area contributed by atoms with Crippen LogP contribution in [0.1, 0.15) is 19.3 Å². The van der Waals surface area contributed by atoms with Gasteiger partial charge < -0.3 is 0 Å². The molecule has 0 saturated carbocycles. The first-order valence-electron chi connectivity index (χ1n) is 3.88. The summed E-state index contributed by atoms with van der Waals surface area (Å²) in [5, 5.41) is 8.46. The molecule has 1 rings (SSSR count). The summed E-state index contributed by atoms with van der Waals surface area (Å²) < 4.78 is 2.85. The van der Waals surface area contributed by atoms with E-state index in [9.17, 15) is 4.79 Å². The van der Waals surface area contributed by atoms with E-state index in [1.54, 1.807) is 0 Å². The van der Waals surface area contributed by atoms with Gasteiger partial charge in [-0.3, -0.25) is 0 Å². The molecule has 64 valence electrons. The van der Waals surface area contributed by atoms with Gasteiger partial charge in [0.25, 0.3) is 0 Å². The predicted octanol–water partition coefficient (Wildman–Crippen LogP) is 1.98. The zero-order chi connectivity index (χ0) is 8.10. The topological polar surface area (TPSA) is 37.3 Å². The molecule has 0 amide bonds. The van der Waals surface area contributed by atoms with Crippen LogP contribution in [-0.2, 0) is 4.79 Å². The first-order valence-corrected chi connectivity index (χ1v) is 14.0. The maximum absolute atomic E-state index is 10.3. The molecule has 1 heterocycles. The Balaban J connectivity index is 2.09. The molecule has 4 heteroatoms. The molecule has 0 spiro atoms. The van der Waals surface area contributed by atoms with Gasteiger partial charge in [0, 0.05) is 0 Å². The van der Waals surface area contributed by atoms with E-state index in [1.165, 1.54) is 27.5 Å². The Labute approximate surface area is 77.7 Å². The molecular weight excluding hydrogens is 357 g/mol. The average molecular weight is 370 g/mol. The summed E-state index contributed by atoms with van der Waals surface area (Å²) in [6, 6.07) is 0. The average Bonchev–Trinajstić information content (AvgIpc) is 2.03. The summed E-state index contributed by atoms with van der Waals surface area (Å²) in [6.45, 7) is 0. The fourth-order valence-corrected chi connectivity index (χ4v) is 15.7. The van der Waals surface area contributed by atoms with E-state index >= 15 is 0 Å². The number of carboxylic acid groups (broad SMARTS) is 1. The third-order valence-corrected chi connectivity index (χ3v) is 17.7. The SMILES string of the molecule is O=C(O)C[S][Bi]1[CH2]CCC[CH2]1. The van der Waals surface area contributed by atoms with Crippen molar-refractivity contribution in [3.05, 3.63) is 0 Å². The predicted molar refractivity (Wildman–Crippen MR) is 49.3 cm³/mol. The standard InChI is InChI=1S/C5H10.C2H4O2S.Bi/c1-3-5-4-2;3-2(4)1-5;/h1-5H2;5H,1H2,(H,3,4);/q;;+1/p-1. The van der Waals surface area contributed by atoms with Crippen molar-refractivity contribution in [2.45, 2.75) is 27.5 Å². The molecule has 0 radical (unpaired) electrons. The Morgan fingerprint density at radius 1 is 1.36 bits per heavy atom. The van der Waals surface area contributed by atoms with Gasteiger partial charge in [0.05, 0.1) is 0 Å². The van der Waals surface area contributed by atoms with Gasteiger partial charge in [0.1, 0.15) is 0 Å². The number of aliphatic carboxylic acids is 1. The monoisotopic (exact) mass is 370 g/mol. The maximum atomic E-state index is 10.3. The summed E-state index contributed by atoms with van der Waals surface area (Å²) in [5.41, 5.74) is 0. The molecule has 1 aliphatic rings. The first kappa shape index (κ1) is 9.79. The Morgan fingerprint density at radius 3 is 2.55 bits per heavy atom. The Bertz CT molecular complexity index is 134. The van der Waals surface area contributed by atoms with Crippen LogP contribution >= 0.6 is 8.52 Å². The van der Waals surface area contributed by atoms with Crippen LogP contribution in [0.4, 0.5) is 0 Å². The van der Waals surface area contributed by atoms with Crippen molar-refractivity contribution in [1.29, 1.82) is 0 Å². The Morgan fingerprint density at radius 2 is 2.00 bits per heavy atom. The van der Waals surface area contributed by atoms with Crippen LogP contribution in [0.25, 0.3) is 0 Å². The van der Waals surface area contributed by atoms with Gasteiger partial charge in [-0.2, -0.15) is 0 Å². The Kier molecular flexibility index (Phi) is 4.78. The summed E-state index contributed by atoms with van der Waals surface area (Å²) in [7, 11) is 1.81. The molecule has 1 aliphatic heterocycles. The van der Waals surface area contributed by atoms with Crippen LogP contribution < -0.4 is 0 Å². The van der Waals surface area contributed by atoms with Crippen LogP contribution in [0.5, 0.6) is 0 Å². The minimum atomic E-state index is -1.24. The summed E-state index contributed by atoms with van der Waals surface area (Å²) in [6.07, 6.45) is 4.15. The van der Waals surface area contributed by atoms with Crippen molar-refractivity contribution in [3.63, 3.8) is 0 Å². The summed E-state index contributed by atoms with van der Waals surface area (Å²) in [5.74, 6) is -0.256.